The van der Waals surface area contributed by atoms with Crippen LogP contribution in [0.1, 0.15) is 85.5 Å². The second kappa shape index (κ2) is 11.8. The van der Waals surface area contributed by atoms with Crippen LogP contribution in [0.5, 0.6) is 0 Å². The molecule has 1 aliphatic rings. The minimum atomic E-state index is 0.566. The Morgan fingerprint density at radius 1 is 0.727 bits per heavy atom. The van der Waals surface area contributed by atoms with Crippen molar-refractivity contribution in [1.82, 2.24) is 9.80 Å². The lowest BCUT2D eigenvalue weighted by Gasteiger charge is -2.35. The highest BCUT2D eigenvalue weighted by Crippen LogP contribution is 2.21. The van der Waals surface area contributed by atoms with Crippen LogP contribution in [-0.4, -0.2) is 48.0 Å². The van der Waals surface area contributed by atoms with Crippen molar-refractivity contribution in [2.75, 3.05) is 26.2 Å². The third-order valence-electron chi connectivity index (χ3n) is 4.41. The zero-order valence-electron chi connectivity index (χ0n) is 15.6. The zero-order valence-corrected chi connectivity index (χ0v) is 15.6. The number of hydrogen-bond donors (Lipinski definition) is 0. The van der Waals surface area contributed by atoms with E-state index in [1.165, 1.54) is 63.7 Å². The molecule has 0 radical (unpaired) electrons. The van der Waals surface area contributed by atoms with Crippen LogP contribution < -0.4 is 0 Å². The Morgan fingerprint density at radius 3 is 1.50 bits per heavy atom. The molecule has 1 aliphatic carbocycles. The molecule has 0 saturated heterocycles. The van der Waals surface area contributed by atoms with Crippen LogP contribution in [-0.2, 0) is 0 Å². The van der Waals surface area contributed by atoms with E-state index < -0.39 is 0 Å². The summed E-state index contributed by atoms with van der Waals surface area (Å²) in [6.07, 6.45) is 11.5. The maximum absolute atomic E-state index is 5.28. The highest BCUT2D eigenvalue weighted by atomic mass is 15.4. The molecule has 0 aliphatic heterocycles. The molecule has 3 heteroatoms. The smallest absolute Gasteiger partial charge is 0.196 e. The van der Waals surface area contributed by atoms with Crippen molar-refractivity contribution in [2.24, 2.45) is 4.99 Å². The number of guanidine groups is 1. The topological polar surface area (TPSA) is 18.8 Å². The van der Waals surface area contributed by atoms with Gasteiger partial charge in [-0.3, -0.25) is 0 Å². The summed E-state index contributed by atoms with van der Waals surface area (Å²) in [4.78, 5) is 10.4. The van der Waals surface area contributed by atoms with Crippen molar-refractivity contribution in [3.05, 3.63) is 0 Å². The molecule has 22 heavy (non-hydrogen) atoms. The van der Waals surface area contributed by atoms with Gasteiger partial charge in [-0.25, -0.2) is 4.99 Å². The van der Waals surface area contributed by atoms with Crippen LogP contribution in [0.3, 0.4) is 0 Å². The van der Waals surface area contributed by atoms with Crippen molar-refractivity contribution < 1.29 is 0 Å². The third kappa shape index (κ3) is 6.58. The van der Waals surface area contributed by atoms with E-state index in [0.717, 1.165) is 26.2 Å². The van der Waals surface area contributed by atoms with E-state index >= 15 is 0 Å². The lowest BCUT2D eigenvalue weighted by Crippen LogP contribution is -2.46. The molecule has 130 valence electrons. The van der Waals surface area contributed by atoms with Gasteiger partial charge >= 0.3 is 0 Å². The summed E-state index contributed by atoms with van der Waals surface area (Å²) in [6.45, 7) is 13.7. The van der Waals surface area contributed by atoms with Crippen LogP contribution in [0, 0.1) is 0 Å². The molecular formula is C19H39N3. The van der Waals surface area contributed by atoms with E-state index in [-0.39, 0.29) is 0 Å². The molecule has 0 amide bonds. The first kappa shape index (κ1) is 19.3. The number of aliphatic imine (C=N–C) groups is 1. The summed E-state index contributed by atoms with van der Waals surface area (Å²) < 4.78 is 0. The SMILES string of the molecule is CCCN(CCC)C(=NC1CCCCC1)N(CCC)CCC. The van der Waals surface area contributed by atoms with Gasteiger partial charge in [0.05, 0.1) is 6.04 Å². The standard InChI is InChI=1S/C19H39N3/c1-5-14-21(15-6-2)19(22(16-7-3)17-8-4)20-18-12-10-9-11-13-18/h18H,5-17H2,1-4H3. The summed E-state index contributed by atoms with van der Waals surface area (Å²) in [7, 11) is 0. The molecule has 0 spiro atoms. The van der Waals surface area contributed by atoms with Gasteiger partial charge in [0, 0.05) is 26.2 Å². The molecule has 1 saturated carbocycles. The van der Waals surface area contributed by atoms with Crippen LogP contribution in [0.4, 0.5) is 0 Å². The lowest BCUT2D eigenvalue weighted by atomic mass is 9.96. The van der Waals surface area contributed by atoms with Gasteiger partial charge in [-0.2, -0.15) is 0 Å². The van der Waals surface area contributed by atoms with Gasteiger partial charge in [0.25, 0.3) is 0 Å². The second-order valence-electron chi connectivity index (χ2n) is 6.70. The molecule has 0 heterocycles. The Bertz CT molecular complexity index is 265. The molecule has 0 aromatic rings. The number of hydrogen-bond acceptors (Lipinski definition) is 1. The van der Waals surface area contributed by atoms with Crippen molar-refractivity contribution in [1.29, 1.82) is 0 Å². The van der Waals surface area contributed by atoms with E-state index in [9.17, 15) is 0 Å². The molecule has 1 fully saturated rings. The molecular weight excluding hydrogens is 270 g/mol. The predicted molar refractivity (Wildman–Crippen MR) is 98.6 cm³/mol. The van der Waals surface area contributed by atoms with Crippen LogP contribution in [0.2, 0.25) is 0 Å². The van der Waals surface area contributed by atoms with E-state index in [0.29, 0.717) is 6.04 Å². The van der Waals surface area contributed by atoms with Crippen LogP contribution >= 0.6 is 0 Å². The quantitative estimate of drug-likeness (QED) is 0.445. The highest BCUT2D eigenvalue weighted by Gasteiger charge is 2.20. The van der Waals surface area contributed by atoms with Crippen molar-refractivity contribution in [2.45, 2.75) is 91.5 Å². The third-order valence-corrected chi connectivity index (χ3v) is 4.41. The molecule has 0 aromatic heterocycles. The maximum Gasteiger partial charge on any atom is 0.196 e. The van der Waals surface area contributed by atoms with Crippen molar-refractivity contribution >= 4 is 5.96 Å². The summed E-state index contributed by atoms with van der Waals surface area (Å²) in [5.74, 6) is 1.30. The molecule has 0 unspecified atom stereocenters. The predicted octanol–water partition coefficient (Wildman–Crippen LogP) is 4.92. The normalized spacial score (nSPS) is 15.6. The van der Waals surface area contributed by atoms with E-state index in [2.05, 4.69) is 37.5 Å². The maximum atomic E-state index is 5.28. The minimum Gasteiger partial charge on any atom is -0.343 e. The fourth-order valence-electron chi connectivity index (χ4n) is 3.44. The van der Waals surface area contributed by atoms with Gasteiger partial charge in [0.2, 0.25) is 0 Å². The number of nitrogens with zero attached hydrogens (tertiary/aromatic N) is 3. The van der Waals surface area contributed by atoms with Crippen LogP contribution in [0.25, 0.3) is 0 Å². The Kier molecular flexibility index (Phi) is 10.3. The monoisotopic (exact) mass is 309 g/mol. The van der Waals surface area contributed by atoms with E-state index in [4.69, 9.17) is 4.99 Å². The first-order valence-corrected chi connectivity index (χ1v) is 9.84. The molecule has 1 rings (SSSR count). The zero-order chi connectivity index (χ0) is 16.2. The number of rotatable bonds is 9. The average molecular weight is 310 g/mol. The lowest BCUT2D eigenvalue weighted by molar-refractivity contribution is 0.305. The second-order valence-corrected chi connectivity index (χ2v) is 6.70. The molecule has 0 aromatic carbocycles. The van der Waals surface area contributed by atoms with Crippen molar-refractivity contribution in [3.63, 3.8) is 0 Å². The summed E-state index contributed by atoms with van der Waals surface area (Å²) in [5.41, 5.74) is 0. The van der Waals surface area contributed by atoms with Crippen molar-refractivity contribution in [3.8, 4) is 0 Å². The first-order valence-electron chi connectivity index (χ1n) is 9.84. The Hall–Kier alpha value is -0.730. The van der Waals surface area contributed by atoms with Crippen LogP contribution in [0.15, 0.2) is 4.99 Å². The molecule has 0 atom stereocenters. The molecule has 3 nitrogen and oxygen atoms in total. The van der Waals surface area contributed by atoms with Gasteiger partial charge in [-0.15, -0.1) is 0 Å². The summed E-state index contributed by atoms with van der Waals surface area (Å²) >= 11 is 0. The van der Waals surface area contributed by atoms with Gasteiger partial charge in [-0.1, -0.05) is 47.0 Å². The van der Waals surface area contributed by atoms with Gasteiger partial charge in [0.1, 0.15) is 0 Å². The molecule has 0 N–H and O–H groups in total. The minimum absolute atomic E-state index is 0.566. The van der Waals surface area contributed by atoms with E-state index in [1.807, 2.05) is 0 Å². The fraction of sp³-hybridized carbons (Fsp3) is 0.947. The van der Waals surface area contributed by atoms with Gasteiger partial charge < -0.3 is 9.80 Å². The Morgan fingerprint density at radius 2 is 1.14 bits per heavy atom. The van der Waals surface area contributed by atoms with Gasteiger partial charge in [0.15, 0.2) is 5.96 Å². The fourth-order valence-corrected chi connectivity index (χ4v) is 3.44. The Labute approximate surface area is 139 Å². The summed E-state index contributed by atoms with van der Waals surface area (Å²) in [5, 5.41) is 0. The molecule has 0 bridgehead atoms. The average Bonchev–Trinajstić information content (AvgIpc) is 2.53. The highest BCUT2D eigenvalue weighted by molar-refractivity contribution is 5.80. The largest absolute Gasteiger partial charge is 0.343 e. The van der Waals surface area contributed by atoms with Gasteiger partial charge in [-0.05, 0) is 38.5 Å². The Balaban J connectivity index is 2.95. The first-order chi connectivity index (χ1) is 10.8. The van der Waals surface area contributed by atoms with E-state index in [1.54, 1.807) is 0 Å². The summed E-state index contributed by atoms with van der Waals surface area (Å²) in [6, 6.07) is 0.566.